The number of carbonyl (C=O) groups is 1. The Morgan fingerprint density at radius 2 is 1.86 bits per heavy atom. The first-order chi connectivity index (χ1) is 23.5. The molecular formula is C43H60N4OS. The molecular weight excluding hydrogens is 621 g/mol. The van der Waals surface area contributed by atoms with Crippen LogP contribution in [-0.2, 0) is 11.2 Å². The molecule has 1 aromatic heterocycles. The molecule has 1 aromatic carbocycles. The second kappa shape index (κ2) is 24.9. The van der Waals surface area contributed by atoms with Crippen LogP contribution < -0.4 is 11.1 Å². The third-order valence-electron chi connectivity index (χ3n) is 7.15. The van der Waals surface area contributed by atoms with Gasteiger partial charge >= 0.3 is 0 Å². The van der Waals surface area contributed by atoms with Crippen LogP contribution in [0.1, 0.15) is 91.5 Å². The van der Waals surface area contributed by atoms with Crippen LogP contribution in [0, 0.1) is 5.92 Å². The van der Waals surface area contributed by atoms with Crippen molar-refractivity contribution in [2.75, 3.05) is 12.4 Å². The fourth-order valence-electron chi connectivity index (χ4n) is 5.01. The number of hydrogen-bond donors (Lipinski definition) is 2. The molecule has 0 spiro atoms. The number of hydrogen-bond acceptors (Lipinski definition) is 5. The van der Waals surface area contributed by atoms with Crippen molar-refractivity contribution in [1.82, 2.24) is 0 Å². The minimum atomic E-state index is -0.00243. The van der Waals surface area contributed by atoms with Gasteiger partial charge in [0, 0.05) is 41.1 Å². The summed E-state index contributed by atoms with van der Waals surface area (Å²) in [6.07, 6.45) is 23.2. The summed E-state index contributed by atoms with van der Waals surface area (Å²) in [6.45, 7) is 20.2. The molecule has 0 aliphatic heterocycles. The molecule has 0 bridgehead atoms. The zero-order valence-electron chi connectivity index (χ0n) is 31.4. The van der Waals surface area contributed by atoms with Crippen molar-refractivity contribution in [3.8, 4) is 0 Å². The summed E-state index contributed by atoms with van der Waals surface area (Å²) in [5, 5.41) is 5.01. The van der Waals surface area contributed by atoms with Crippen molar-refractivity contribution in [1.29, 1.82) is 0 Å². The van der Waals surface area contributed by atoms with Crippen molar-refractivity contribution in [2.45, 2.75) is 93.5 Å². The van der Waals surface area contributed by atoms with Gasteiger partial charge in [-0.3, -0.25) is 14.8 Å². The molecule has 3 N–H and O–H groups in total. The molecule has 0 saturated heterocycles. The summed E-state index contributed by atoms with van der Waals surface area (Å²) in [5.74, 6) is 0.347. The molecule has 49 heavy (non-hydrogen) atoms. The number of aliphatic imine (C=N–C) groups is 2. The van der Waals surface area contributed by atoms with Gasteiger partial charge in [0.05, 0.1) is 12.1 Å². The molecule has 1 amide bonds. The topological polar surface area (TPSA) is 79.8 Å². The van der Waals surface area contributed by atoms with Crippen LogP contribution in [0.25, 0.3) is 0 Å². The largest absolute Gasteiger partial charge is 0.327 e. The highest BCUT2D eigenvalue weighted by molar-refractivity contribution is 7.10. The maximum atomic E-state index is 12.4. The molecule has 1 heterocycles. The second-order valence-corrected chi connectivity index (χ2v) is 13.1. The summed E-state index contributed by atoms with van der Waals surface area (Å²) in [7, 11) is 1.84. The van der Waals surface area contributed by atoms with E-state index in [-0.39, 0.29) is 11.9 Å². The lowest BCUT2D eigenvalue weighted by atomic mass is 9.86. The molecule has 0 radical (unpaired) electrons. The molecule has 1 atom stereocenters. The Hall–Kier alpha value is -4.13. The Morgan fingerprint density at radius 3 is 2.43 bits per heavy atom. The van der Waals surface area contributed by atoms with Gasteiger partial charge in [-0.25, -0.2) is 0 Å². The third-order valence-corrected chi connectivity index (χ3v) is 8.02. The lowest BCUT2D eigenvalue weighted by Crippen LogP contribution is -2.18. The van der Waals surface area contributed by atoms with Crippen LogP contribution in [0.2, 0.25) is 0 Å². The predicted octanol–water partition coefficient (Wildman–Crippen LogP) is 11.4. The van der Waals surface area contributed by atoms with Crippen molar-refractivity contribution in [3.05, 3.63) is 135 Å². The predicted molar refractivity (Wildman–Crippen MR) is 219 cm³/mol. The van der Waals surface area contributed by atoms with E-state index < -0.39 is 0 Å². The number of nitrogens with zero attached hydrogens (tertiary/aromatic N) is 2. The number of nitrogens with two attached hydrogens (primary N) is 1. The molecule has 264 valence electrons. The number of nitrogens with one attached hydrogen (secondary N) is 1. The smallest absolute Gasteiger partial charge is 0.229 e. The highest BCUT2D eigenvalue weighted by Crippen LogP contribution is 2.27. The second-order valence-electron chi connectivity index (χ2n) is 12.0. The summed E-state index contributed by atoms with van der Waals surface area (Å²) >= 11 is 1.60. The normalized spacial score (nSPS) is 19.5. The molecule has 2 aliphatic rings. The van der Waals surface area contributed by atoms with Crippen molar-refractivity contribution < 1.29 is 4.79 Å². The highest BCUT2D eigenvalue weighted by atomic mass is 32.1. The lowest BCUT2D eigenvalue weighted by Gasteiger charge is -2.20. The molecule has 4 rings (SSSR count). The Labute approximate surface area is 301 Å². The lowest BCUT2D eigenvalue weighted by molar-refractivity contribution is -0.115. The first kappa shape index (κ1) is 42.9. The van der Waals surface area contributed by atoms with Gasteiger partial charge in [-0.05, 0) is 87.1 Å². The minimum absolute atomic E-state index is 0.00243. The Bertz CT molecular complexity index is 1550. The number of thiophene rings is 1. The van der Waals surface area contributed by atoms with Crippen LogP contribution in [0.15, 0.2) is 135 Å². The Kier molecular flexibility index (Phi) is 21.8. The van der Waals surface area contributed by atoms with E-state index >= 15 is 0 Å². The number of amides is 1. The Balaban J connectivity index is 0.000000470. The van der Waals surface area contributed by atoms with Gasteiger partial charge < -0.3 is 11.1 Å². The fourth-order valence-corrected chi connectivity index (χ4v) is 5.71. The SMILES string of the molecule is C=C(C)N=CCC.CC.CC1=C/C=C(\C)CC(N)C\C=C\1.CN=C(/C(=C1/C=CC=CC1)C(C)C)c1cccc(NC(=O)Cc2cccs2)c1. The van der Waals surface area contributed by atoms with Crippen LogP contribution in [0.5, 0.6) is 0 Å². The number of carbonyl (C=O) groups excluding carboxylic acids is 1. The van der Waals surface area contributed by atoms with Gasteiger partial charge in [0.25, 0.3) is 0 Å². The van der Waals surface area contributed by atoms with E-state index in [0.29, 0.717) is 12.3 Å². The Morgan fingerprint density at radius 1 is 1.10 bits per heavy atom. The van der Waals surface area contributed by atoms with Crippen LogP contribution in [0.4, 0.5) is 5.69 Å². The summed E-state index contributed by atoms with van der Waals surface area (Å²) in [5.41, 5.74) is 14.8. The molecule has 6 heteroatoms. The minimum Gasteiger partial charge on any atom is -0.327 e. The van der Waals surface area contributed by atoms with Crippen LogP contribution >= 0.6 is 11.3 Å². The summed E-state index contributed by atoms with van der Waals surface area (Å²) < 4.78 is 0. The fraction of sp³-hybridized carbons (Fsp3) is 0.372. The number of allylic oxidation sites excluding steroid dienone is 11. The van der Waals surface area contributed by atoms with Gasteiger partial charge in [-0.2, -0.15) is 0 Å². The summed E-state index contributed by atoms with van der Waals surface area (Å²) in [6, 6.07) is 12.2. The average molecular weight is 681 g/mol. The maximum absolute atomic E-state index is 12.4. The molecule has 0 fully saturated rings. The van der Waals surface area contributed by atoms with Gasteiger partial charge in [0.15, 0.2) is 0 Å². The van der Waals surface area contributed by atoms with E-state index in [0.717, 1.165) is 53.2 Å². The standard InChI is InChI=1S/C24H26N2OS.C11H17N.C6H11N.C2H6/c1-17(2)23(18-9-5-4-6-10-18)24(25-3)19-11-7-12-20(15-19)26-22(27)16-21-13-8-14-28-21;1-9-4-3-5-11(12)8-10(2)7-6-9;1-4-5-7-6(2)3;1-2/h4-9,11-15,17H,10,16H2,1-3H3,(H,26,27);3-4,6-7,11H,5,8,12H2,1-2H3;5H,2,4H2,1,3H3;1-2H3/b23-18-,25-24?;4-3+,9-6-,10-7+;;. The average Bonchev–Trinajstić information content (AvgIpc) is 3.61. The van der Waals surface area contributed by atoms with Gasteiger partial charge in [-0.15, -0.1) is 11.3 Å². The van der Waals surface area contributed by atoms with Gasteiger partial charge in [-0.1, -0.05) is 119 Å². The van der Waals surface area contributed by atoms with E-state index in [4.69, 9.17) is 5.73 Å². The monoisotopic (exact) mass is 680 g/mol. The van der Waals surface area contributed by atoms with Gasteiger partial charge in [0.1, 0.15) is 0 Å². The van der Waals surface area contributed by atoms with Crippen molar-refractivity contribution in [3.63, 3.8) is 0 Å². The first-order valence-electron chi connectivity index (χ1n) is 17.4. The third kappa shape index (κ3) is 17.7. The van der Waals surface area contributed by atoms with Crippen molar-refractivity contribution >= 4 is 34.9 Å². The van der Waals surface area contributed by atoms with E-state index in [2.05, 4.69) is 104 Å². The molecule has 2 aromatic rings. The zero-order chi connectivity index (χ0) is 36.6. The van der Waals surface area contributed by atoms with Crippen molar-refractivity contribution in [2.24, 2.45) is 21.6 Å². The molecule has 5 nitrogen and oxygen atoms in total. The number of benzene rings is 1. The van der Waals surface area contributed by atoms with Crippen LogP contribution in [-0.4, -0.2) is 30.9 Å². The van der Waals surface area contributed by atoms with Gasteiger partial charge in [0.2, 0.25) is 5.91 Å². The van der Waals surface area contributed by atoms with E-state index in [1.54, 1.807) is 11.3 Å². The molecule has 0 saturated carbocycles. The zero-order valence-corrected chi connectivity index (χ0v) is 32.2. The van der Waals surface area contributed by atoms with Crippen LogP contribution in [0.3, 0.4) is 0 Å². The highest BCUT2D eigenvalue weighted by Gasteiger charge is 2.18. The van der Waals surface area contributed by atoms with E-state index in [1.807, 2.05) is 76.7 Å². The number of anilines is 1. The number of rotatable bonds is 8. The first-order valence-corrected chi connectivity index (χ1v) is 18.3. The van der Waals surface area contributed by atoms with E-state index in [1.165, 1.54) is 22.3 Å². The maximum Gasteiger partial charge on any atom is 0.229 e. The molecule has 2 aliphatic carbocycles. The molecule has 1 unspecified atom stereocenters. The van der Waals surface area contributed by atoms with E-state index in [9.17, 15) is 4.79 Å². The summed E-state index contributed by atoms with van der Waals surface area (Å²) in [4.78, 5) is 22.0. The quantitative estimate of drug-likeness (QED) is 0.272.